The average Bonchev–Trinajstić information content (AvgIpc) is 1.94. The molecule has 0 aliphatic rings. The number of hydrogen-bond donors (Lipinski definition) is 0. The summed E-state index contributed by atoms with van der Waals surface area (Å²) in [5.74, 6) is -2.34. The molecule has 6 heteroatoms. The molecule has 0 fully saturated rings. The summed E-state index contributed by atoms with van der Waals surface area (Å²) in [6.07, 6.45) is 0. The zero-order valence-corrected chi connectivity index (χ0v) is 7.33. The second-order valence-corrected chi connectivity index (χ2v) is 3.79. The van der Waals surface area contributed by atoms with Crippen LogP contribution in [0.4, 0.5) is 12.7 Å². The van der Waals surface area contributed by atoms with Crippen LogP contribution in [-0.4, -0.2) is 8.42 Å². The van der Waals surface area contributed by atoms with E-state index in [1.807, 2.05) is 0 Å². The highest BCUT2D eigenvalue weighted by molar-refractivity contribution is 7.86. The van der Waals surface area contributed by atoms with Crippen LogP contribution in [0, 0.1) is 18.6 Å². The van der Waals surface area contributed by atoms with Crippen molar-refractivity contribution in [2.75, 3.05) is 0 Å². The average molecular weight is 210 g/mol. The Hall–Kier alpha value is -1.04. The summed E-state index contributed by atoms with van der Waals surface area (Å²) >= 11 is 0. The molecule has 0 aliphatic heterocycles. The van der Waals surface area contributed by atoms with E-state index < -0.39 is 26.8 Å². The van der Waals surface area contributed by atoms with Gasteiger partial charge in [-0.1, -0.05) is 0 Å². The van der Waals surface area contributed by atoms with Crippen molar-refractivity contribution in [3.63, 3.8) is 0 Å². The minimum Gasteiger partial charge on any atom is -0.207 e. The number of aryl methyl sites for hydroxylation is 1. The zero-order valence-electron chi connectivity index (χ0n) is 6.51. The van der Waals surface area contributed by atoms with Crippen molar-refractivity contribution in [2.45, 2.75) is 11.8 Å². The molecule has 0 aromatic heterocycles. The van der Waals surface area contributed by atoms with E-state index in [9.17, 15) is 21.1 Å². The Morgan fingerprint density at radius 2 is 1.69 bits per heavy atom. The number of halogens is 3. The smallest absolute Gasteiger partial charge is 0.207 e. The van der Waals surface area contributed by atoms with Gasteiger partial charge in [-0.25, -0.2) is 8.78 Å². The minimum atomic E-state index is -5.11. The van der Waals surface area contributed by atoms with Gasteiger partial charge in [-0.2, -0.15) is 8.42 Å². The van der Waals surface area contributed by atoms with Gasteiger partial charge in [-0.15, -0.1) is 3.89 Å². The number of benzene rings is 1. The van der Waals surface area contributed by atoms with Gasteiger partial charge in [0.05, 0.1) is 0 Å². The molecule has 1 aromatic carbocycles. The Balaban J connectivity index is 3.50. The standard InChI is InChI=1S/C7H5F3O2S/c1-4-2-7(13(10,11)12)6(9)3-5(4)8/h2-3H,1H3. The first-order chi connectivity index (χ1) is 5.82. The van der Waals surface area contributed by atoms with Crippen LogP contribution >= 0.6 is 0 Å². The van der Waals surface area contributed by atoms with Crippen LogP contribution in [-0.2, 0) is 10.2 Å². The van der Waals surface area contributed by atoms with Gasteiger partial charge in [-0.3, -0.25) is 0 Å². The molecule has 0 saturated carbocycles. The summed E-state index contributed by atoms with van der Waals surface area (Å²) in [4.78, 5) is -1.13. The monoisotopic (exact) mass is 210 g/mol. The minimum absolute atomic E-state index is 0.127. The fourth-order valence-electron chi connectivity index (χ4n) is 0.818. The molecule has 0 aliphatic carbocycles. The number of rotatable bonds is 1. The highest BCUT2D eigenvalue weighted by atomic mass is 32.3. The third kappa shape index (κ3) is 2.00. The largest absolute Gasteiger partial charge is 0.335 e. The molecule has 0 atom stereocenters. The lowest BCUT2D eigenvalue weighted by Crippen LogP contribution is -1.99. The fourth-order valence-corrected chi connectivity index (χ4v) is 1.43. The van der Waals surface area contributed by atoms with Crippen molar-refractivity contribution in [3.05, 3.63) is 29.3 Å². The highest BCUT2D eigenvalue weighted by Crippen LogP contribution is 2.20. The van der Waals surface area contributed by atoms with Crippen molar-refractivity contribution in [3.8, 4) is 0 Å². The van der Waals surface area contributed by atoms with E-state index in [0.29, 0.717) is 12.1 Å². The quantitative estimate of drug-likeness (QED) is 0.664. The Morgan fingerprint density at radius 3 is 2.15 bits per heavy atom. The van der Waals surface area contributed by atoms with Crippen molar-refractivity contribution >= 4 is 10.2 Å². The summed E-state index contributed by atoms with van der Waals surface area (Å²) in [5.41, 5.74) is -0.127. The van der Waals surface area contributed by atoms with Gasteiger partial charge in [-0.05, 0) is 18.6 Å². The van der Waals surface area contributed by atoms with Crippen molar-refractivity contribution in [1.82, 2.24) is 0 Å². The summed E-state index contributed by atoms with van der Waals surface area (Å²) in [5, 5.41) is 0. The topological polar surface area (TPSA) is 34.1 Å². The summed E-state index contributed by atoms with van der Waals surface area (Å²) < 4.78 is 58.1. The van der Waals surface area contributed by atoms with E-state index in [2.05, 4.69) is 0 Å². The summed E-state index contributed by atoms with van der Waals surface area (Å²) in [7, 11) is -5.11. The van der Waals surface area contributed by atoms with E-state index in [1.54, 1.807) is 0 Å². The van der Waals surface area contributed by atoms with Gasteiger partial charge in [0.1, 0.15) is 16.5 Å². The Kier molecular flexibility index (Phi) is 2.34. The van der Waals surface area contributed by atoms with Crippen LogP contribution in [0.3, 0.4) is 0 Å². The second kappa shape index (κ2) is 3.02. The molecule has 0 spiro atoms. The maximum absolute atomic E-state index is 12.7. The lowest BCUT2D eigenvalue weighted by atomic mass is 10.2. The van der Waals surface area contributed by atoms with Crippen LogP contribution in [0.5, 0.6) is 0 Å². The third-order valence-electron chi connectivity index (χ3n) is 1.48. The lowest BCUT2D eigenvalue weighted by Gasteiger charge is -2.00. The van der Waals surface area contributed by atoms with Crippen LogP contribution in [0.2, 0.25) is 0 Å². The molecule has 0 N–H and O–H groups in total. The summed E-state index contributed by atoms with van der Waals surface area (Å²) in [6.45, 7) is 1.21. The van der Waals surface area contributed by atoms with E-state index in [1.165, 1.54) is 6.92 Å². The third-order valence-corrected chi connectivity index (χ3v) is 2.31. The molecule has 1 aromatic rings. The Morgan fingerprint density at radius 1 is 1.15 bits per heavy atom. The van der Waals surface area contributed by atoms with Crippen molar-refractivity contribution in [2.24, 2.45) is 0 Å². The SMILES string of the molecule is Cc1cc(S(=O)(=O)F)c(F)cc1F. The maximum Gasteiger partial charge on any atom is 0.335 e. The van der Waals surface area contributed by atoms with E-state index in [-0.39, 0.29) is 5.56 Å². The molecule has 0 unspecified atom stereocenters. The van der Waals surface area contributed by atoms with Crippen molar-refractivity contribution in [1.29, 1.82) is 0 Å². The molecule has 2 nitrogen and oxygen atoms in total. The second-order valence-electron chi connectivity index (χ2n) is 2.47. The van der Waals surface area contributed by atoms with E-state index in [0.717, 1.165) is 0 Å². The Bertz CT molecular complexity index is 439. The predicted molar refractivity (Wildman–Crippen MR) is 39.4 cm³/mol. The molecule has 13 heavy (non-hydrogen) atoms. The van der Waals surface area contributed by atoms with Gasteiger partial charge >= 0.3 is 10.2 Å². The summed E-state index contributed by atoms with van der Waals surface area (Å²) in [6, 6.07) is 0.946. The van der Waals surface area contributed by atoms with Crippen LogP contribution < -0.4 is 0 Å². The number of hydrogen-bond acceptors (Lipinski definition) is 2. The molecule has 0 heterocycles. The van der Waals surface area contributed by atoms with Crippen molar-refractivity contribution < 1.29 is 21.1 Å². The molecular weight excluding hydrogens is 205 g/mol. The van der Waals surface area contributed by atoms with Gasteiger partial charge in [0.15, 0.2) is 0 Å². The maximum atomic E-state index is 12.7. The van der Waals surface area contributed by atoms with E-state index >= 15 is 0 Å². The molecule has 0 amide bonds. The molecule has 0 saturated heterocycles. The molecule has 0 radical (unpaired) electrons. The van der Waals surface area contributed by atoms with Gasteiger partial charge in [0.2, 0.25) is 0 Å². The lowest BCUT2D eigenvalue weighted by molar-refractivity contribution is 0.524. The van der Waals surface area contributed by atoms with Crippen LogP contribution in [0.1, 0.15) is 5.56 Å². The van der Waals surface area contributed by atoms with Crippen LogP contribution in [0.15, 0.2) is 17.0 Å². The zero-order chi connectivity index (χ0) is 10.2. The molecular formula is C7H5F3O2S. The van der Waals surface area contributed by atoms with E-state index in [4.69, 9.17) is 0 Å². The highest BCUT2D eigenvalue weighted by Gasteiger charge is 2.19. The Labute approximate surface area is 73.2 Å². The van der Waals surface area contributed by atoms with Crippen LogP contribution in [0.25, 0.3) is 0 Å². The normalized spacial score (nSPS) is 11.7. The molecule has 0 bridgehead atoms. The van der Waals surface area contributed by atoms with Gasteiger partial charge in [0.25, 0.3) is 0 Å². The predicted octanol–water partition coefficient (Wildman–Crippen LogP) is 1.93. The molecule has 72 valence electrons. The molecule has 1 rings (SSSR count). The van der Waals surface area contributed by atoms with Gasteiger partial charge < -0.3 is 0 Å². The first-order valence-corrected chi connectivity index (χ1v) is 4.61. The van der Waals surface area contributed by atoms with Gasteiger partial charge in [0, 0.05) is 6.07 Å². The first kappa shape index (κ1) is 10.0. The fraction of sp³-hybridized carbons (Fsp3) is 0.143. The first-order valence-electron chi connectivity index (χ1n) is 3.22.